The third-order valence-corrected chi connectivity index (χ3v) is 3.88. The lowest BCUT2D eigenvalue weighted by molar-refractivity contribution is -0.387. The summed E-state index contributed by atoms with van der Waals surface area (Å²) >= 11 is 0. The third-order valence-electron chi connectivity index (χ3n) is 3.88. The molecule has 150 valence electrons. The number of carbonyl (C=O) groups excluding carboxylic acids is 2. The van der Waals surface area contributed by atoms with Gasteiger partial charge in [-0.1, -0.05) is 38.7 Å². The Morgan fingerprint density at radius 1 is 1.04 bits per heavy atom. The number of hydrogen-bond donors (Lipinski definition) is 0. The van der Waals surface area contributed by atoms with Gasteiger partial charge in [0.15, 0.2) is 0 Å². The minimum absolute atomic E-state index is 0.0366. The van der Waals surface area contributed by atoms with Gasteiger partial charge in [-0.2, -0.15) is 4.39 Å². The first-order chi connectivity index (χ1) is 12.9. The van der Waals surface area contributed by atoms with Crippen LogP contribution < -0.4 is 0 Å². The van der Waals surface area contributed by atoms with Gasteiger partial charge >= 0.3 is 17.6 Å². The van der Waals surface area contributed by atoms with Gasteiger partial charge in [0.25, 0.3) is 0 Å². The van der Waals surface area contributed by atoms with Crippen LogP contribution in [-0.2, 0) is 25.7 Å². The maximum Gasteiger partial charge on any atom is 0.306 e. The van der Waals surface area contributed by atoms with Crippen molar-refractivity contribution < 1.29 is 28.4 Å². The molecule has 0 aromatic heterocycles. The van der Waals surface area contributed by atoms with E-state index in [2.05, 4.69) is 6.92 Å². The van der Waals surface area contributed by atoms with Gasteiger partial charge in [0.1, 0.15) is 6.61 Å². The molecular weight excluding hydrogens is 357 g/mol. The number of benzene rings is 1. The quantitative estimate of drug-likeness (QED) is 0.216. The molecule has 27 heavy (non-hydrogen) atoms. The van der Waals surface area contributed by atoms with Crippen LogP contribution in [0.25, 0.3) is 0 Å². The molecule has 0 spiro atoms. The summed E-state index contributed by atoms with van der Waals surface area (Å²) < 4.78 is 23.3. The van der Waals surface area contributed by atoms with Gasteiger partial charge in [-0.05, 0) is 24.5 Å². The van der Waals surface area contributed by atoms with Gasteiger partial charge in [-0.3, -0.25) is 19.7 Å². The van der Waals surface area contributed by atoms with E-state index in [1.165, 1.54) is 12.5 Å². The zero-order valence-corrected chi connectivity index (χ0v) is 15.6. The van der Waals surface area contributed by atoms with E-state index in [-0.39, 0.29) is 25.4 Å². The van der Waals surface area contributed by atoms with Gasteiger partial charge < -0.3 is 9.47 Å². The number of hydrogen-bond acceptors (Lipinski definition) is 6. The fourth-order valence-corrected chi connectivity index (χ4v) is 2.36. The molecule has 0 amide bonds. The molecule has 0 aliphatic carbocycles. The maximum atomic E-state index is 13.2. The van der Waals surface area contributed by atoms with Crippen LogP contribution >= 0.6 is 0 Å². The largest absolute Gasteiger partial charge is 0.466 e. The highest BCUT2D eigenvalue weighted by molar-refractivity contribution is 5.72. The van der Waals surface area contributed by atoms with Crippen LogP contribution in [0.1, 0.15) is 63.9 Å². The topological polar surface area (TPSA) is 95.7 Å². The van der Waals surface area contributed by atoms with Crippen molar-refractivity contribution in [3.63, 3.8) is 0 Å². The number of nitro groups is 1. The molecule has 0 bridgehead atoms. The van der Waals surface area contributed by atoms with E-state index < -0.39 is 22.4 Å². The van der Waals surface area contributed by atoms with E-state index in [0.717, 1.165) is 37.8 Å². The van der Waals surface area contributed by atoms with Crippen molar-refractivity contribution in [3.8, 4) is 0 Å². The minimum atomic E-state index is -0.945. The Labute approximate surface area is 158 Å². The number of rotatable bonds is 13. The Bertz CT molecular complexity index is 635. The zero-order chi connectivity index (χ0) is 20.1. The van der Waals surface area contributed by atoms with Crippen LogP contribution in [0.15, 0.2) is 18.2 Å². The molecule has 0 atom stereocenters. The number of halogens is 1. The van der Waals surface area contributed by atoms with Gasteiger partial charge in [0.05, 0.1) is 11.5 Å². The van der Waals surface area contributed by atoms with Gasteiger partial charge in [0, 0.05) is 18.9 Å². The average molecular weight is 383 g/mol. The lowest BCUT2D eigenvalue weighted by Crippen LogP contribution is -2.09. The van der Waals surface area contributed by atoms with Crippen molar-refractivity contribution in [1.82, 2.24) is 0 Å². The second-order valence-corrected chi connectivity index (χ2v) is 6.19. The molecule has 0 aliphatic rings. The van der Waals surface area contributed by atoms with Crippen molar-refractivity contribution >= 4 is 17.6 Å². The highest BCUT2D eigenvalue weighted by atomic mass is 19.1. The van der Waals surface area contributed by atoms with E-state index in [4.69, 9.17) is 9.47 Å². The van der Waals surface area contributed by atoms with E-state index in [1.54, 1.807) is 0 Å². The van der Waals surface area contributed by atoms with Crippen molar-refractivity contribution in [2.24, 2.45) is 0 Å². The summed E-state index contributed by atoms with van der Waals surface area (Å²) in [4.78, 5) is 33.0. The molecule has 1 aromatic rings. The Hall–Kier alpha value is -2.51. The number of carbonyl (C=O) groups is 2. The first-order valence-corrected chi connectivity index (χ1v) is 9.18. The lowest BCUT2D eigenvalue weighted by atomic mass is 10.2. The predicted octanol–water partition coefficient (Wildman–Crippen LogP) is 4.46. The van der Waals surface area contributed by atoms with Crippen molar-refractivity contribution in [2.75, 3.05) is 6.61 Å². The zero-order valence-electron chi connectivity index (χ0n) is 15.6. The minimum Gasteiger partial charge on any atom is -0.466 e. The first kappa shape index (κ1) is 22.5. The number of esters is 2. The van der Waals surface area contributed by atoms with Crippen LogP contribution in [-0.4, -0.2) is 23.5 Å². The summed E-state index contributed by atoms with van der Waals surface area (Å²) in [5.41, 5.74) is -0.347. The molecule has 0 N–H and O–H groups in total. The second-order valence-electron chi connectivity index (χ2n) is 6.19. The molecule has 0 saturated heterocycles. The number of nitrogens with zero attached hydrogens (tertiary/aromatic N) is 1. The molecule has 0 heterocycles. The monoisotopic (exact) mass is 383 g/mol. The van der Waals surface area contributed by atoms with Gasteiger partial charge in [0.2, 0.25) is 5.82 Å². The smallest absolute Gasteiger partial charge is 0.306 e. The van der Waals surface area contributed by atoms with E-state index in [9.17, 15) is 24.1 Å². The van der Waals surface area contributed by atoms with Crippen LogP contribution in [0, 0.1) is 15.9 Å². The van der Waals surface area contributed by atoms with Crippen LogP contribution in [0.2, 0.25) is 0 Å². The Morgan fingerprint density at radius 3 is 2.37 bits per heavy atom. The van der Waals surface area contributed by atoms with Gasteiger partial charge in [-0.25, -0.2) is 0 Å². The molecule has 0 aliphatic heterocycles. The average Bonchev–Trinajstić information content (AvgIpc) is 2.63. The molecule has 0 fully saturated rings. The van der Waals surface area contributed by atoms with Crippen LogP contribution in [0.4, 0.5) is 10.1 Å². The predicted molar refractivity (Wildman–Crippen MR) is 96.4 cm³/mol. The summed E-state index contributed by atoms with van der Waals surface area (Å²) in [5, 5.41) is 10.7. The summed E-state index contributed by atoms with van der Waals surface area (Å²) in [6.07, 6.45) is 5.83. The Balaban J connectivity index is 2.18. The van der Waals surface area contributed by atoms with Crippen LogP contribution in [0.3, 0.4) is 0 Å². The molecular formula is C19H26FNO6. The van der Waals surface area contributed by atoms with Crippen LogP contribution in [0.5, 0.6) is 0 Å². The Morgan fingerprint density at radius 2 is 1.70 bits per heavy atom. The molecule has 7 nitrogen and oxygen atoms in total. The fourth-order valence-electron chi connectivity index (χ4n) is 2.36. The van der Waals surface area contributed by atoms with E-state index in [0.29, 0.717) is 18.6 Å². The molecule has 0 radical (unpaired) electrons. The highest BCUT2D eigenvalue weighted by Gasteiger charge is 2.15. The lowest BCUT2D eigenvalue weighted by Gasteiger charge is -2.06. The summed E-state index contributed by atoms with van der Waals surface area (Å²) in [6, 6.07) is 3.30. The highest BCUT2D eigenvalue weighted by Crippen LogP contribution is 2.19. The van der Waals surface area contributed by atoms with Crippen molar-refractivity contribution in [3.05, 3.63) is 39.7 Å². The molecule has 0 saturated carbocycles. The summed E-state index contributed by atoms with van der Waals surface area (Å²) in [6.45, 7) is 2.34. The SMILES string of the molecule is CCCCCCCOC(=O)CCCC(=O)OCc1ccc(F)c([N+](=O)[O-])c1. The summed E-state index contributed by atoms with van der Waals surface area (Å²) in [5.74, 6) is -1.82. The Kier molecular flexibility index (Phi) is 10.7. The molecule has 8 heteroatoms. The standard InChI is InChI=1S/C19H26FNO6/c1-2-3-4-5-6-12-26-18(22)8-7-9-19(23)27-14-15-10-11-16(20)17(13-15)21(24)25/h10-11,13H,2-9,12,14H2,1H3. The first-order valence-electron chi connectivity index (χ1n) is 9.18. The maximum absolute atomic E-state index is 13.2. The fraction of sp³-hybridized carbons (Fsp3) is 0.579. The van der Waals surface area contributed by atoms with E-state index in [1.807, 2.05) is 0 Å². The van der Waals surface area contributed by atoms with Crippen molar-refractivity contribution in [1.29, 1.82) is 0 Å². The number of nitro benzene ring substituents is 1. The second kappa shape index (κ2) is 12.8. The summed E-state index contributed by atoms with van der Waals surface area (Å²) in [7, 11) is 0. The number of unbranched alkanes of at least 4 members (excludes halogenated alkanes) is 4. The van der Waals surface area contributed by atoms with Crippen molar-refractivity contribution in [2.45, 2.75) is 64.9 Å². The van der Waals surface area contributed by atoms with E-state index >= 15 is 0 Å². The number of ether oxygens (including phenoxy) is 2. The third kappa shape index (κ3) is 9.67. The van der Waals surface area contributed by atoms with Gasteiger partial charge in [-0.15, -0.1) is 0 Å². The normalized spacial score (nSPS) is 10.4. The molecule has 1 rings (SSSR count). The molecule has 1 aromatic carbocycles. The molecule has 0 unspecified atom stereocenters.